The number of aromatic nitrogens is 2. The molecular weight excluding hydrogens is 368 g/mol. The van der Waals surface area contributed by atoms with Gasteiger partial charge in [0.25, 0.3) is 5.91 Å². The normalized spacial score (nSPS) is 17.2. The second kappa shape index (κ2) is 8.89. The van der Waals surface area contributed by atoms with Crippen LogP contribution in [0.15, 0.2) is 36.7 Å². The number of rotatable bonds is 5. The summed E-state index contributed by atoms with van der Waals surface area (Å²) in [5.74, 6) is 0.443. The summed E-state index contributed by atoms with van der Waals surface area (Å²) in [5, 5.41) is 2.88. The number of carbonyl (C=O) groups is 2. The molecule has 0 saturated carbocycles. The Kier molecular flexibility index (Phi) is 5.88. The van der Waals surface area contributed by atoms with E-state index in [0.29, 0.717) is 26.2 Å². The standard InChI is InChI=1S/C21H26N6O2/c28-16-25-10-12-27(13-11-25)20-15-22-19(14-23-20)21(29)24-17-4-6-18(7-5-17)26-8-2-1-3-9-26/h4-7,14-16H,1-3,8-13H2,(H,24,29). The Bertz CT molecular complexity index is 825. The fraction of sp³-hybridized carbons (Fsp3) is 0.429. The monoisotopic (exact) mass is 394 g/mol. The Balaban J connectivity index is 1.34. The molecular formula is C21H26N6O2. The van der Waals surface area contributed by atoms with Crippen LogP contribution in [0.5, 0.6) is 0 Å². The maximum absolute atomic E-state index is 12.5. The van der Waals surface area contributed by atoms with Crippen molar-refractivity contribution < 1.29 is 9.59 Å². The first kappa shape index (κ1) is 19.2. The van der Waals surface area contributed by atoms with Crippen LogP contribution in [0.2, 0.25) is 0 Å². The quantitative estimate of drug-likeness (QED) is 0.781. The summed E-state index contributed by atoms with van der Waals surface area (Å²) in [4.78, 5) is 38.1. The van der Waals surface area contributed by atoms with E-state index in [0.717, 1.165) is 31.0 Å². The number of nitrogens with one attached hydrogen (secondary N) is 1. The first-order chi connectivity index (χ1) is 14.2. The molecule has 152 valence electrons. The van der Waals surface area contributed by atoms with E-state index in [1.54, 1.807) is 11.1 Å². The van der Waals surface area contributed by atoms with Crippen LogP contribution < -0.4 is 15.1 Å². The number of hydrogen-bond acceptors (Lipinski definition) is 6. The highest BCUT2D eigenvalue weighted by Gasteiger charge is 2.18. The van der Waals surface area contributed by atoms with Crippen LogP contribution in [0.1, 0.15) is 29.8 Å². The number of piperazine rings is 1. The molecule has 0 radical (unpaired) electrons. The van der Waals surface area contributed by atoms with Crippen molar-refractivity contribution in [3.05, 3.63) is 42.4 Å². The van der Waals surface area contributed by atoms with Crippen molar-refractivity contribution in [2.45, 2.75) is 19.3 Å². The van der Waals surface area contributed by atoms with Crippen LogP contribution in [0, 0.1) is 0 Å². The van der Waals surface area contributed by atoms with Crippen LogP contribution in [-0.4, -0.2) is 66.5 Å². The Morgan fingerprint density at radius 3 is 2.21 bits per heavy atom. The number of anilines is 3. The van der Waals surface area contributed by atoms with Gasteiger partial charge in [0, 0.05) is 50.6 Å². The number of piperidine rings is 1. The van der Waals surface area contributed by atoms with Crippen molar-refractivity contribution in [2.24, 2.45) is 0 Å². The summed E-state index contributed by atoms with van der Waals surface area (Å²) in [6, 6.07) is 7.95. The third-order valence-electron chi connectivity index (χ3n) is 5.50. The molecule has 1 aromatic heterocycles. The molecule has 1 N–H and O–H groups in total. The zero-order valence-corrected chi connectivity index (χ0v) is 16.5. The molecule has 2 saturated heterocycles. The maximum atomic E-state index is 12.5. The van der Waals surface area contributed by atoms with Crippen LogP contribution in [0.3, 0.4) is 0 Å². The number of nitrogens with zero attached hydrogens (tertiary/aromatic N) is 5. The molecule has 2 fully saturated rings. The third kappa shape index (κ3) is 4.64. The molecule has 8 heteroatoms. The van der Waals surface area contributed by atoms with Crippen LogP contribution >= 0.6 is 0 Å². The first-order valence-corrected chi connectivity index (χ1v) is 10.2. The Morgan fingerprint density at radius 1 is 0.862 bits per heavy atom. The number of benzene rings is 1. The molecule has 0 unspecified atom stereocenters. The Morgan fingerprint density at radius 2 is 1.59 bits per heavy atom. The highest BCUT2D eigenvalue weighted by molar-refractivity contribution is 6.02. The molecule has 0 atom stereocenters. The van der Waals surface area contributed by atoms with E-state index in [1.165, 1.54) is 31.1 Å². The second-order valence-electron chi connectivity index (χ2n) is 7.44. The molecule has 29 heavy (non-hydrogen) atoms. The molecule has 2 aliphatic rings. The topological polar surface area (TPSA) is 81.7 Å². The van der Waals surface area contributed by atoms with Gasteiger partial charge in [-0.1, -0.05) is 0 Å². The molecule has 2 aromatic rings. The zero-order chi connectivity index (χ0) is 20.1. The SMILES string of the molecule is O=CN1CCN(c2cnc(C(=O)Nc3ccc(N4CCCCC4)cc3)cn2)CC1. The van der Waals surface area contributed by atoms with Gasteiger partial charge in [0.05, 0.1) is 12.4 Å². The van der Waals surface area contributed by atoms with Crippen LogP contribution in [-0.2, 0) is 4.79 Å². The lowest BCUT2D eigenvalue weighted by Gasteiger charge is -2.33. The van der Waals surface area contributed by atoms with E-state index in [-0.39, 0.29) is 11.6 Å². The summed E-state index contributed by atoms with van der Waals surface area (Å²) in [6.45, 7) is 4.95. The van der Waals surface area contributed by atoms with Crippen molar-refractivity contribution in [3.8, 4) is 0 Å². The molecule has 2 aliphatic heterocycles. The fourth-order valence-corrected chi connectivity index (χ4v) is 3.76. The predicted octanol–water partition coefficient (Wildman–Crippen LogP) is 2.00. The predicted molar refractivity (Wildman–Crippen MR) is 112 cm³/mol. The first-order valence-electron chi connectivity index (χ1n) is 10.2. The molecule has 4 rings (SSSR count). The lowest BCUT2D eigenvalue weighted by Crippen LogP contribution is -2.46. The lowest BCUT2D eigenvalue weighted by molar-refractivity contribution is -0.118. The van der Waals surface area contributed by atoms with E-state index >= 15 is 0 Å². The van der Waals surface area contributed by atoms with E-state index in [4.69, 9.17) is 0 Å². The van der Waals surface area contributed by atoms with Gasteiger partial charge in [0.2, 0.25) is 6.41 Å². The van der Waals surface area contributed by atoms with Gasteiger partial charge in [0.1, 0.15) is 11.5 Å². The zero-order valence-electron chi connectivity index (χ0n) is 16.5. The minimum absolute atomic E-state index is 0.277. The number of carbonyl (C=O) groups excluding carboxylic acids is 2. The van der Waals surface area contributed by atoms with Crippen LogP contribution in [0.4, 0.5) is 17.2 Å². The highest BCUT2D eigenvalue weighted by atomic mass is 16.2. The maximum Gasteiger partial charge on any atom is 0.275 e. The average Bonchev–Trinajstić information content (AvgIpc) is 2.80. The van der Waals surface area contributed by atoms with E-state index in [1.807, 2.05) is 12.1 Å². The van der Waals surface area contributed by atoms with Gasteiger partial charge >= 0.3 is 0 Å². The average molecular weight is 394 g/mol. The summed E-state index contributed by atoms with van der Waals surface area (Å²) in [6.07, 6.45) is 7.76. The van der Waals surface area contributed by atoms with Gasteiger partial charge in [-0.15, -0.1) is 0 Å². The van der Waals surface area contributed by atoms with Gasteiger partial charge in [-0.25, -0.2) is 9.97 Å². The van der Waals surface area contributed by atoms with Crippen molar-refractivity contribution >= 4 is 29.5 Å². The van der Waals surface area contributed by atoms with Gasteiger partial charge in [-0.2, -0.15) is 0 Å². The lowest BCUT2D eigenvalue weighted by atomic mass is 10.1. The minimum Gasteiger partial charge on any atom is -0.372 e. The summed E-state index contributed by atoms with van der Waals surface area (Å²) in [7, 11) is 0. The van der Waals surface area contributed by atoms with Gasteiger partial charge in [0.15, 0.2) is 0 Å². The molecule has 2 amide bonds. The number of hydrogen-bond donors (Lipinski definition) is 1. The second-order valence-corrected chi connectivity index (χ2v) is 7.44. The van der Waals surface area contributed by atoms with Crippen molar-refractivity contribution in [3.63, 3.8) is 0 Å². The van der Waals surface area contributed by atoms with Crippen molar-refractivity contribution in [1.82, 2.24) is 14.9 Å². The minimum atomic E-state index is -0.277. The number of amides is 2. The van der Waals surface area contributed by atoms with Gasteiger partial charge < -0.3 is 20.0 Å². The van der Waals surface area contributed by atoms with Crippen molar-refractivity contribution in [1.29, 1.82) is 0 Å². The Labute approximate surface area is 170 Å². The fourth-order valence-electron chi connectivity index (χ4n) is 3.76. The molecule has 3 heterocycles. The van der Waals surface area contributed by atoms with Crippen LogP contribution in [0.25, 0.3) is 0 Å². The molecule has 1 aromatic carbocycles. The smallest absolute Gasteiger partial charge is 0.275 e. The van der Waals surface area contributed by atoms with Crippen molar-refractivity contribution in [2.75, 3.05) is 54.4 Å². The molecule has 0 bridgehead atoms. The largest absolute Gasteiger partial charge is 0.372 e. The third-order valence-corrected chi connectivity index (χ3v) is 5.50. The van der Waals surface area contributed by atoms with E-state index < -0.39 is 0 Å². The molecule has 8 nitrogen and oxygen atoms in total. The molecule has 0 spiro atoms. The van der Waals surface area contributed by atoms with Gasteiger partial charge in [-0.3, -0.25) is 9.59 Å². The summed E-state index contributed by atoms with van der Waals surface area (Å²) < 4.78 is 0. The van der Waals surface area contributed by atoms with E-state index in [9.17, 15) is 9.59 Å². The molecule has 0 aliphatic carbocycles. The summed E-state index contributed by atoms with van der Waals surface area (Å²) in [5.41, 5.74) is 2.22. The Hall–Kier alpha value is -3.16. The van der Waals surface area contributed by atoms with Gasteiger partial charge in [-0.05, 0) is 43.5 Å². The summed E-state index contributed by atoms with van der Waals surface area (Å²) >= 11 is 0. The van der Waals surface area contributed by atoms with E-state index in [2.05, 4.69) is 37.2 Å². The highest BCUT2D eigenvalue weighted by Crippen LogP contribution is 2.22.